The van der Waals surface area contributed by atoms with Gasteiger partial charge in [-0.05, 0) is 28.3 Å². The molecule has 2 aromatic rings. The molecular weight excluding hydrogens is 256 g/mol. The van der Waals surface area contributed by atoms with Gasteiger partial charge in [-0.25, -0.2) is 9.59 Å². The molecule has 0 spiro atoms. The maximum Gasteiger partial charge on any atom is 0.336 e. The fourth-order valence-corrected chi connectivity index (χ4v) is 2.61. The zero-order chi connectivity index (χ0) is 14.3. The number of carboxylic acid groups (broad SMARTS) is 2. The minimum absolute atomic E-state index is 0.117. The van der Waals surface area contributed by atoms with Gasteiger partial charge in [0.2, 0.25) is 0 Å². The molecule has 1 aliphatic carbocycles. The summed E-state index contributed by atoms with van der Waals surface area (Å²) in [5.74, 6) is -2.16. The highest BCUT2D eigenvalue weighted by Gasteiger charge is 2.28. The zero-order valence-electron chi connectivity index (χ0n) is 10.3. The summed E-state index contributed by atoms with van der Waals surface area (Å²) in [6.07, 6.45) is 1.07. The van der Waals surface area contributed by atoms with Crippen molar-refractivity contribution in [3.63, 3.8) is 0 Å². The first-order valence-electron chi connectivity index (χ1n) is 6.00. The number of rotatable bonds is 2. The average Bonchev–Trinajstić information content (AvgIpc) is 2.73. The molecule has 1 aliphatic rings. The van der Waals surface area contributed by atoms with Crippen molar-refractivity contribution in [2.75, 3.05) is 0 Å². The maximum atomic E-state index is 11.4. The Labute approximate surface area is 114 Å². The summed E-state index contributed by atoms with van der Waals surface area (Å²) in [6.45, 7) is 0. The fourth-order valence-electron chi connectivity index (χ4n) is 2.61. The molecule has 4 heteroatoms. The van der Waals surface area contributed by atoms with Crippen LogP contribution in [0.3, 0.4) is 0 Å². The van der Waals surface area contributed by atoms with Crippen molar-refractivity contribution >= 4 is 17.5 Å². The standard InChI is InChI=1S/C16H10O4/c17-14(18)8-13-10-5-2-1-4-9(10)11-6-3-7-12(15(11)13)16(19)20/h1-8H,(H,17,18)(H,19,20)/b13-8-. The Morgan fingerprint density at radius 3 is 2.15 bits per heavy atom. The van der Waals surface area contributed by atoms with E-state index in [0.717, 1.165) is 22.8 Å². The molecule has 0 bridgehead atoms. The van der Waals surface area contributed by atoms with Gasteiger partial charge in [-0.1, -0.05) is 36.4 Å². The van der Waals surface area contributed by atoms with E-state index in [1.54, 1.807) is 18.2 Å². The summed E-state index contributed by atoms with van der Waals surface area (Å²) in [6, 6.07) is 12.3. The third-order valence-corrected chi connectivity index (χ3v) is 3.34. The second-order valence-corrected chi connectivity index (χ2v) is 4.48. The normalized spacial score (nSPS) is 13.9. The third kappa shape index (κ3) is 1.70. The number of carboxylic acids is 2. The summed E-state index contributed by atoms with van der Waals surface area (Å²) in [5, 5.41) is 18.3. The molecule has 0 unspecified atom stereocenters. The van der Waals surface area contributed by atoms with E-state index in [9.17, 15) is 14.7 Å². The minimum Gasteiger partial charge on any atom is -0.478 e. The quantitative estimate of drug-likeness (QED) is 0.699. The van der Waals surface area contributed by atoms with Crippen LogP contribution in [-0.2, 0) is 4.79 Å². The molecule has 0 amide bonds. The maximum absolute atomic E-state index is 11.4. The number of aliphatic carboxylic acids is 1. The van der Waals surface area contributed by atoms with E-state index in [-0.39, 0.29) is 5.56 Å². The van der Waals surface area contributed by atoms with E-state index >= 15 is 0 Å². The lowest BCUT2D eigenvalue weighted by atomic mass is 9.98. The van der Waals surface area contributed by atoms with Crippen molar-refractivity contribution in [1.29, 1.82) is 0 Å². The Bertz CT molecular complexity index is 772. The van der Waals surface area contributed by atoms with Crippen LogP contribution in [0.1, 0.15) is 21.5 Å². The van der Waals surface area contributed by atoms with Gasteiger partial charge >= 0.3 is 11.9 Å². The molecule has 0 saturated heterocycles. The van der Waals surface area contributed by atoms with Crippen LogP contribution in [0, 0.1) is 0 Å². The summed E-state index contributed by atoms with van der Waals surface area (Å²) in [4.78, 5) is 22.4. The number of benzene rings is 2. The summed E-state index contributed by atoms with van der Waals surface area (Å²) < 4.78 is 0. The van der Waals surface area contributed by atoms with Crippen LogP contribution in [0.15, 0.2) is 48.5 Å². The van der Waals surface area contributed by atoms with E-state index in [0.29, 0.717) is 11.1 Å². The van der Waals surface area contributed by atoms with E-state index in [1.807, 2.05) is 18.2 Å². The molecule has 0 fully saturated rings. The molecule has 98 valence electrons. The first-order valence-corrected chi connectivity index (χ1v) is 6.00. The van der Waals surface area contributed by atoms with Gasteiger partial charge in [0.05, 0.1) is 5.56 Å². The van der Waals surface area contributed by atoms with Gasteiger partial charge in [-0.3, -0.25) is 0 Å². The highest BCUT2D eigenvalue weighted by molar-refractivity contribution is 6.11. The van der Waals surface area contributed by atoms with Crippen molar-refractivity contribution in [3.05, 3.63) is 65.2 Å². The van der Waals surface area contributed by atoms with Gasteiger partial charge in [0.15, 0.2) is 0 Å². The number of aromatic carboxylic acids is 1. The topological polar surface area (TPSA) is 74.6 Å². The van der Waals surface area contributed by atoms with Gasteiger partial charge < -0.3 is 10.2 Å². The molecule has 0 aliphatic heterocycles. The van der Waals surface area contributed by atoms with Crippen LogP contribution in [-0.4, -0.2) is 22.2 Å². The Balaban J connectivity index is 2.40. The SMILES string of the molecule is O=C(O)/C=C1/c2ccccc2-c2cccc(C(=O)O)c21. The lowest BCUT2D eigenvalue weighted by molar-refractivity contribution is -0.131. The average molecular weight is 266 g/mol. The van der Waals surface area contributed by atoms with Gasteiger partial charge in [0.1, 0.15) is 0 Å². The molecule has 20 heavy (non-hydrogen) atoms. The second kappa shape index (κ2) is 4.35. The van der Waals surface area contributed by atoms with E-state index in [4.69, 9.17) is 5.11 Å². The monoisotopic (exact) mass is 266 g/mol. The predicted octanol–water partition coefficient (Wildman–Crippen LogP) is 2.88. The molecule has 0 heterocycles. The van der Waals surface area contributed by atoms with Crippen molar-refractivity contribution in [1.82, 2.24) is 0 Å². The van der Waals surface area contributed by atoms with Gasteiger partial charge in [0, 0.05) is 11.6 Å². The van der Waals surface area contributed by atoms with E-state index in [1.165, 1.54) is 6.07 Å². The molecule has 2 N–H and O–H groups in total. The fraction of sp³-hybridized carbons (Fsp3) is 0. The first kappa shape index (κ1) is 12.2. The van der Waals surface area contributed by atoms with Crippen LogP contribution in [0.5, 0.6) is 0 Å². The number of fused-ring (bicyclic) bond motifs is 3. The summed E-state index contributed by atoms with van der Waals surface area (Å²) in [7, 11) is 0. The smallest absolute Gasteiger partial charge is 0.336 e. The van der Waals surface area contributed by atoms with Crippen molar-refractivity contribution in [2.24, 2.45) is 0 Å². The molecular formula is C16H10O4. The van der Waals surface area contributed by atoms with E-state index < -0.39 is 11.9 Å². The second-order valence-electron chi connectivity index (χ2n) is 4.48. The van der Waals surface area contributed by atoms with Gasteiger partial charge in [0.25, 0.3) is 0 Å². The number of carbonyl (C=O) groups is 2. The molecule has 0 radical (unpaired) electrons. The van der Waals surface area contributed by atoms with Crippen LogP contribution in [0.25, 0.3) is 16.7 Å². The largest absolute Gasteiger partial charge is 0.478 e. The van der Waals surface area contributed by atoms with Crippen LogP contribution < -0.4 is 0 Å². The van der Waals surface area contributed by atoms with Gasteiger partial charge in [-0.15, -0.1) is 0 Å². The zero-order valence-corrected chi connectivity index (χ0v) is 10.3. The lowest BCUT2D eigenvalue weighted by Gasteiger charge is -2.05. The Morgan fingerprint density at radius 1 is 0.850 bits per heavy atom. The molecule has 4 nitrogen and oxygen atoms in total. The number of hydrogen-bond acceptors (Lipinski definition) is 2. The first-order chi connectivity index (χ1) is 9.59. The minimum atomic E-state index is -1.09. The Kier molecular flexibility index (Phi) is 2.64. The van der Waals surface area contributed by atoms with Crippen LogP contribution in [0.4, 0.5) is 0 Å². The Hall–Kier alpha value is -2.88. The van der Waals surface area contributed by atoms with Crippen molar-refractivity contribution < 1.29 is 19.8 Å². The van der Waals surface area contributed by atoms with E-state index in [2.05, 4.69) is 0 Å². The summed E-state index contributed by atoms with van der Waals surface area (Å²) >= 11 is 0. The van der Waals surface area contributed by atoms with Crippen molar-refractivity contribution in [2.45, 2.75) is 0 Å². The number of hydrogen-bond donors (Lipinski definition) is 2. The summed E-state index contributed by atoms with van der Waals surface area (Å²) in [5.41, 5.74) is 3.40. The third-order valence-electron chi connectivity index (χ3n) is 3.34. The molecule has 0 aromatic heterocycles. The van der Waals surface area contributed by atoms with Crippen molar-refractivity contribution in [3.8, 4) is 11.1 Å². The molecule has 0 saturated carbocycles. The Morgan fingerprint density at radius 2 is 1.50 bits per heavy atom. The molecule has 3 rings (SSSR count). The highest BCUT2D eigenvalue weighted by Crippen LogP contribution is 2.45. The molecule has 2 aromatic carbocycles. The van der Waals surface area contributed by atoms with Gasteiger partial charge in [-0.2, -0.15) is 0 Å². The van der Waals surface area contributed by atoms with Crippen LogP contribution in [0.2, 0.25) is 0 Å². The highest BCUT2D eigenvalue weighted by atomic mass is 16.4. The van der Waals surface area contributed by atoms with Crippen LogP contribution >= 0.6 is 0 Å². The predicted molar refractivity (Wildman–Crippen MR) is 73.6 cm³/mol. The molecule has 0 atom stereocenters. The lowest BCUT2D eigenvalue weighted by Crippen LogP contribution is -2.02.